The van der Waals surface area contributed by atoms with Gasteiger partial charge in [-0.25, -0.2) is 0 Å². The predicted molar refractivity (Wildman–Crippen MR) is 69.9 cm³/mol. The van der Waals surface area contributed by atoms with E-state index < -0.39 is 23.9 Å². The van der Waals surface area contributed by atoms with Crippen molar-refractivity contribution in [2.24, 2.45) is 17.6 Å². The van der Waals surface area contributed by atoms with Gasteiger partial charge in [-0.2, -0.15) is 13.2 Å². The summed E-state index contributed by atoms with van der Waals surface area (Å²) in [5.74, 6) is -2.87. The third-order valence-corrected chi connectivity index (χ3v) is 4.67. The molecule has 20 heavy (non-hydrogen) atoms. The molecular formula is C14H23F3N2O. The van der Waals surface area contributed by atoms with Gasteiger partial charge in [0.15, 0.2) is 0 Å². The molecule has 116 valence electrons. The van der Waals surface area contributed by atoms with E-state index in [4.69, 9.17) is 5.73 Å². The van der Waals surface area contributed by atoms with Crippen LogP contribution in [0.25, 0.3) is 0 Å². The third-order valence-electron chi connectivity index (χ3n) is 4.67. The van der Waals surface area contributed by atoms with Crippen molar-refractivity contribution < 1.29 is 18.0 Å². The van der Waals surface area contributed by atoms with Gasteiger partial charge in [0.05, 0.1) is 5.92 Å². The smallest absolute Gasteiger partial charge is 0.352 e. The highest BCUT2D eigenvalue weighted by Crippen LogP contribution is 2.41. The van der Waals surface area contributed by atoms with Crippen LogP contribution in [0, 0.1) is 11.8 Å². The molecule has 1 amide bonds. The summed E-state index contributed by atoms with van der Waals surface area (Å²) in [6, 6.07) is -0.285. The van der Waals surface area contributed by atoms with Gasteiger partial charge in [0, 0.05) is 18.0 Å². The summed E-state index contributed by atoms with van der Waals surface area (Å²) in [7, 11) is 0. The van der Waals surface area contributed by atoms with Gasteiger partial charge in [0.25, 0.3) is 0 Å². The van der Waals surface area contributed by atoms with E-state index in [1.165, 1.54) is 0 Å². The molecule has 2 aliphatic rings. The molecule has 0 aromatic carbocycles. The monoisotopic (exact) mass is 292 g/mol. The number of alkyl halides is 3. The van der Waals surface area contributed by atoms with Crippen LogP contribution in [0.1, 0.15) is 51.4 Å². The quantitative estimate of drug-likeness (QED) is 0.822. The lowest BCUT2D eigenvalue weighted by Crippen LogP contribution is -2.52. The van der Waals surface area contributed by atoms with Crippen molar-refractivity contribution in [3.05, 3.63) is 0 Å². The van der Waals surface area contributed by atoms with Crippen molar-refractivity contribution >= 4 is 5.91 Å². The Morgan fingerprint density at radius 1 is 1.00 bits per heavy atom. The van der Waals surface area contributed by atoms with E-state index in [0.717, 1.165) is 25.7 Å². The average molecular weight is 292 g/mol. The molecule has 0 aromatic heterocycles. The Hall–Kier alpha value is -0.780. The fourth-order valence-corrected chi connectivity index (χ4v) is 3.46. The lowest BCUT2D eigenvalue weighted by molar-refractivity contribution is -0.198. The fraction of sp³-hybridized carbons (Fsp3) is 0.929. The maximum absolute atomic E-state index is 13.0. The molecule has 2 saturated carbocycles. The second-order valence-corrected chi connectivity index (χ2v) is 6.10. The van der Waals surface area contributed by atoms with Crippen molar-refractivity contribution in [1.29, 1.82) is 0 Å². The van der Waals surface area contributed by atoms with E-state index in [9.17, 15) is 18.0 Å². The Morgan fingerprint density at radius 3 is 2.25 bits per heavy atom. The zero-order valence-corrected chi connectivity index (χ0v) is 11.6. The molecular weight excluding hydrogens is 269 g/mol. The number of rotatable bonds is 2. The summed E-state index contributed by atoms with van der Waals surface area (Å²) in [6.07, 6.45) is 0.981. The average Bonchev–Trinajstić information content (AvgIpc) is 2.40. The van der Waals surface area contributed by atoms with Gasteiger partial charge in [0.2, 0.25) is 5.91 Å². The van der Waals surface area contributed by atoms with E-state index in [2.05, 4.69) is 5.32 Å². The Kier molecular flexibility index (Phi) is 4.94. The Balaban J connectivity index is 1.99. The third kappa shape index (κ3) is 3.65. The number of amides is 1. The van der Waals surface area contributed by atoms with E-state index in [1.807, 2.05) is 0 Å². The van der Waals surface area contributed by atoms with Crippen LogP contribution in [0.15, 0.2) is 0 Å². The standard InChI is InChI=1S/C14H23F3N2O/c15-14(16,17)10-6-2-1-5-9(10)13(20)19-12-8-4-3-7-11(12)18/h9-12H,1-8,18H2,(H,19,20)/t9?,10?,11-,12-/m1/s1. The first-order valence-corrected chi connectivity index (χ1v) is 7.52. The van der Waals surface area contributed by atoms with Gasteiger partial charge in [-0.1, -0.05) is 25.7 Å². The molecule has 2 fully saturated rings. The summed E-state index contributed by atoms with van der Waals surface area (Å²) < 4.78 is 39.0. The molecule has 4 atom stereocenters. The van der Waals surface area contributed by atoms with Crippen LogP contribution < -0.4 is 11.1 Å². The van der Waals surface area contributed by atoms with Crippen LogP contribution in [0.4, 0.5) is 13.2 Å². The summed E-state index contributed by atoms with van der Waals surface area (Å²) in [5, 5.41) is 2.78. The lowest BCUT2D eigenvalue weighted by atomic mass is 9.78. The van der Waals surface area contributed by atoms with Gasteiger partial charge >= 0.3 is 6.18 Å². The molecule has 2 rings (SSSR count). The topological polar surface area (TPSA) is 55.1 Å². The first-order valence-electron chi connectivity index (χ1n) is 7.52. The van der Waals surface area contributed by atoms with Gasteiger partial charge in [-0.3, -0.25) is 4.79 Å². The van der Waals surface area contributed by atoms with E-state index in [1.54, 1.807) is 0 Å². The van der Waals surface area contributed by atoms with Crippen molar-refractivity contribution in [3.63, 3.8) is 0 Å². The number of nitrogens with two attached hydrogens (primary N) is 1. The minimum absolute atomic E-state index is 0.0678. The van der Waals surface area contributed by atoms with Crippen molar-refractivity contribution in [2.75, 3.05) is 0 Å². The summed E-state index contributed by atoms with van der Waals surface area (Å²) in [4.78, 5) is 12.2. The molecule has 0 aromatic rings. The maximum atomic E-state index is 13.0. The SMILES string of the molecule is N[C@@H]1CCCC[C@H]1NC(=O)C1CCCCC1C(F)(F)F. The second kappa shape index (κ2) is 6.33. The minimum Gasteiger partial charge on any atom is -0.352 e. The second-order valence-electron chi connectivity index (χ2n) is 6.10. The lowest BCUT2D eigenvalue weighted by Gasteiger charge is -2.35. The highest BCUT2D eigenvalue weighted by atomic mass is 19.4. The number of carbonyl (C=O) groups excluding carboxylic acids is 1. The molecule has 0 radical (unpaired) electrons. The molecule has 3 nitrogen and oxygen atoms in total. The number of halogens is 3. The molecule has 3 N–H and O–H groups in total. The highest BCUT2D eigenvalue weighted by Gasteiger charge is 2.48. The van der Waals surface area contributed by atoms with Gasteiger partial charge in [0.1, 0.15) is 0 Å². The molecule has 6 heteroatoms. The molecule has 2 aliphatic carbocycles. The molecule has 0 saturated heterocycles. The predicted octanol–water partition coefficient (Wildman–Crippen LogP) is 2.74. The van der Waals surface area contributed by atoms with Gasteiger partial charge in [-0.15, -0.1) is 0 Å². The minimum atomic E-state index is -4.28. The molecule has 0 heterocycles. The molecule has 2 unspecified atom stereocenters. The Morgan fingerprint density at radius 2 is 1.60 bits per heavy atom. The van der Waals surface area contributed by atoms with E-state index in [0.29, 0.717) is 19.3 Å². The first-order chi connectivity index (χ1) is 9.39. The maximum Gasteiger partial charge on any atom is 0.392 e. The summed E-state index contributed by atoms with van der Waals surface area (Å²) >= 11 is 0. The van der Waals surface area contributed by atoms with E-state index >= 15 is 0 Å². The summed E-state index contributed by atoms with van der Waals surface area (Å²) in [5.41, 5.74) is 5.94. The Bertz CT molecular complexity index is 346. The first kappa shape index (κ1) is 15.6. The van der Waals surface area contributed by atoms with Crippen LogP contribution >= 0.6 is 0 Å². The van der Waals surface area contributed by atoms with Crippen molar-refractivity contribution in [2.45, 2.75) is 69.6 Å². The van der Waals surface area contributed by atoms with Gasteiger partial charge < -0.3 is 11.1 Å². The number of carbonyl (C=O) groups is 1. The number of hydrogen-bond acceptors (Lipinski definition) is 2. The zero-order chi connectivity index (χ0) is 14.8. The highest BCUT2D eigenvalue weighted by molar-refractivity contribution is 5.79. The van der Waals surface area contributed by atoms with Crippen LogP contribution in [0.5, 0.6) is 0 Å². The van der Waals surface area contributed by atoms with Crippen molar-refractivity contribution in [1.82, 2.24) is 5.32 Å². The normalized spacial score (nSPS) is 35.6. The van der Waals surface area contributed by atoms with Crippen LogP contribution in [-0.4, -0.2) is 24.2 Å². The van der Waals surface area contributed by atoms with Gasteiger partial charge in [-0.05, 0) is 25.7 Å². The summed E-state index contributed by atoms with van der Waals surface area (Å²) in [6.45, 7) is 0. The molecule has 0 spiro atoms. The van der Waals surface area contributed by atoms with Crippen LogP contribution in [-0.2, 0) is 4.79 Å². The Labute approximate surface area is 117 Å². The molecule has 0 bridgehead atoms. The van der Waals surface area contributed by atoms with E-state index in [-0.39, 0.29) is 18.5 Å². The largest absolute Gasteiger partial charge is 0.392 e. The molecule has 0 aliphatic heterocycles. The van der Waals surface area contributed by atoms with Crippen LogP contribution in [0.3, 0.4) is 0 Å². The van der Waals surface area contributed by atoms with Crippen molar-refractivity contribution in [3.8, 4) is 0 Å². The number of nitrogens with one attached hydrogen (secondary N) is 1. The van der Waals surface area contributed by atoms with Crippen LogP contribution in [0.2, 0.25) is 0 Å². The zero-order valence-electron chi connectivity index (χ0n) is 11.6. The fourth-order valence-electron chi connectivity index (χ4n) is 3.46. The number of hydrogen-bond donors (Lipinski definition) is 2.